The summed E-state index contributed by atoms with van der Waals surface area (Å²) in [6.45, 7) is 0. The van der Waals surface area contributed by atoms with Gasteiger partial charge >= 0.3 is 11.7 Å². The van der Waals surface area contributed by atoms with E-state index in [1.54, 1.807) is 0 Å². The van der Waals surface area contributed by atoms with Gasteiger partial charge in [-0.25, -0.2) is 9.42 Å². The van der Waals surface area contributed by atoms with E-state index in [-0.39, 0.29) is 33.1 Å². The molecule has 0 bridgehead atoms. The van der Waals surface area contributed by atoms with Crippen LogP contribution in [0.1, 0.15) is 9.67 Å². The number of hydrogen-bond donors (Lipinski definition) is 1. The Bertz CT molecular complexity index is 855. The summed E-state index contributed by atoms with van der Waals surface area (Å²) < 4.78 is 9.98. The maximum Gasteiger partial charge on any atom is 0.346 e. The largest absolute Gasteiger partial charge is 0.477 e. The zero-order valence-electron chi connectivity index (χ0n) is 10.0. The summed E-state index contributed by atoms with van der Waals surface area (Å²) in [7, 11) is 0. The molecule has 1 aromatic carbocycles. The molecule has 3 rings (SSSR count). The lowest BCUT2D eigenvalue weighted by atomic mass is 10.2. The Morgan fingerprint density at radius 1 is 1.38 bits per heavy atom. The summed E-state index contributed by atoms with van der Waals surface area (Å²) in [5.41, 5.74) is -0.200. The average molecular weight is 307 g/mol. The Kier molecular flexibility index (Phi) is 2.99. The van der Waals surface area contributed by atoms with E-state index in [1.807, 2.05) is 0 Å². The number of rotatable bonds is 4. The van der Waals surface area contributed by atoms with Crippen molar-refractivity contribution in [2.24, 2.45) is 0 Å². The highest BCUT2D eigenvalue weighted by Crippen LogP contribution is 2.34. The highest BCUT2D eigenvalue weighted by Gasteiger charge is 2.21. The molecular formula is C11H5N3O6S. The smallest absolute Gasteiger partial charge is 0.346 e. The van der Waals surface area contributed by atoms with E-state index < -0.39 is 10.9 Å². The highest BCUT2D eigenvalue weighted by atomic mass is 32.1. The molecule has 2 aromatic heterocycles. The van der Waals surface area contributed by atoms with Crippen molar-refractivity contribution in [1.29, 1.82) is 0 Å². The monoisotopic (exact) mass is 307 g/mol. The SMILES string of the molecule is O=C(O)c1cc(Oc2ccc([N+](=O)[O-])c3nonc23)cs1. The molecule has 0 aliphatic heterocycles. The lowest BCUT2D eigenvalue weighted by Gasteiger charge is -2.02. The van der Waals surface area contributed by atoms with Gasteiger partial charge in [0.2, 0.25) is 5.52 Å². The van der Waals surface area contributed by atoms with E-state index in [9.17, 15) is 14.9 Å². The van der Waals surface area contributed by atoms with Gasteiger partial charge in [-0.2, -0.15) is 0 Å². The number of thiophene rings is 1. The summed E-state index contributed by atoms with van der Waals surface area (Å²) in [4.78, 5) is 21.2. The van der Waals surface area contributed by atoms with Crippen LogP contribution in [0.3, 0.4) is 0 Å². The van der Waals surface area contributed by atoms with Gasteiger partial charge in [0.15, 0.2) is 11.3 Å². The van der Waals surface area contributed by atoms with Gasteiger partial charge in [0.1, 0.15) is 10.6 Å². The first kappa shape index (κ1) is 13.0. The molecule has 9 nitrogen and oxygen atoms in total. The van der Waals surface area contributed by atoms with Crippen LogP contribution in [0.4, 0.5) is 5.69 Å². The predicted molar refractivity (Wildman–Crippen MR) is 69.8 cm³/mol. The number of carbonyl (C=O) groups is 1. The summed E-state index contributed by atoms with van der Waals surface area (Å²) in [5.74, 6) is -0.589. The number of nitro benzene ring substituents is 1. The lowest BCUT2D eigenvalue weighted by Crippen LogP contribution is -1.92. The van der Waals surface area contributed by atoms with Crippen LogP contribution in [-0.2, 0) is 0 Å². The zero-order chi connectivity index (χ0) is 15.0. The van der Waals surface area contributed by atoms with Crippen molar-refractivity contribution >= 4 is 34.0 Å². The van der Waals surface area contributed by atoms with Crippen molar-refractivity contribution in [3.63, 3.8) is 0 Å². The number of carboxylic acids is 1. The quantitative estimate of drug-likeness (QED) is 0.575. The molecule has 0 fully saturated rings. The van der Waals surface area contributed by atoms with Crippen LogP contribution in [0.2, 0.25) is 0 Å². The van der Waals surface area contributed by atoms with Crippen molar-refractivity contribution in [3.05, 3.63) is 38.6 Å². The van der Waals surface area contributed by atoms with Crippen molar-refractivity contribution < 1.29 is 24.2 Å². The van der Waals surface area contributed by atoms with Gasteiger partial charge < -0.3 is 9.84 Å². The third-order valence-electron chi connectivity index (χ3n) is 2.57. The third-order valence-corrected chi connectivity index (χ3v) is 3.46. The molecule has 0 saturated heterocycles. The van der Waals surface area contributed by atoms with Gasteiger partial charge in [-0.3, -0.25) is 10.1 Å². The Balaban J connectivity index is 2.01. The Labute approximate surface area is 119 Å². The van der Waals surface area contributed by atoms with E-state index >= 15 is 0 Å². The standard InChI is InChI=1S/C11H5N3O6S/c15-11(16)8-3-5(4-21-8)19-7-2-1-6(14(17)18)9-10(7)13-20-12-9/h1-4H,(H,15,16). The maximum absolute atomic E-state index is 10.9. The van der Waals surface area contributed by atoms with Gasteiger partial charge in [-0.05, 0) is 16.4 Å². The fraction of sp³-hybridized carbons (Fsp3) is 0. The van der Waals surface area contributed by atoms with E-state index in [2.05, 4.69) is 14.9 Å². The van der Waals surface area contributed by atoms with Crippen LogP contribution in [0, 0.1) is 10.1 Å². The number of nitrogens with zero attached hydrogens (tertiary/aromatic N) is 3. The number of ether oxygens (including phenoxy) is 1. The topological polar surface area (TPSA) is 129 Å². The van der Waals surface area contributed by atoms with Gasteiger partial charge in [0, 0.05) is 17.5 Å². The molecule has 3 aromatic rings. The van der Waals surface area contributed by atoms with Crippen LogP contribution in [0.25, 0.3) is 11.0 Å². The number of fused-ring (bicyclic) bond motifs is 1. The average Bonchev–Trinajstić information content (AvgIpc) is 3.06. The first-order valence-electron chi connectivity index (χ1n) is 5.45. The Morgan fingerprint density at radius 2 is 2.14 bits per heavy atom. The second-order valence-electron chi connectivity index (χ2n) is 3.86. The second kappa shape index (κ2) is 4.83. The van der Waals surface area contributed by atoms with Gasteiger partial charge in [-0.15, -0.1) is 11.3 Å². The summed E-state index contributed by atoms with van der Waals surface area (Å²) in [6.07, 6.45) is 0. The summed E-state index contributed by atoms with van der Waals surface area (Å²) >= 11 is 1.00. The molecule has 1 N–H and O–H groups in total. The van der Waals surface area contributed by atoms with Gasteiger partial charge in [0.25, 0.3) is 0 Å². The lowest BCUT2D eigenvalue weighted by molar-refractivity contribution is -0.383. The molecule has 0 amide bonds. The fourth-order valence-electron chi connectivity index (χ4n) is 1.67. The number of aromatic nitrogens is 2. The zero-order valence-corrected chi connectivity index (χ0v) is 10.9. The predicted octanol–water partition coefficient (Wildman–Crippen LogP) is 2.68. The number of benzene rings is 1. The minimum absolute atomic E-state index is 0.0359. The van der Waals surface area contributed by atoms with E-state index in [4.69, 9.17) is 9.84 Å². The molecular weight excluding hydrogens is 302 g/mol. The van der Waals surface area contributed by atoms with Crippen LogP contribution in [0.5, 0.6) is 11.5 Å². The Morgan fingerprint density at radius 3 is 2.81 bits per heavy atom. The molecule has 0 atom stereocenters. The van der Waals surface area contributed by atoms with Crippen LogP contribution in [0.15, 0.2) is 28.2 Å². The molecule has 21 heavy (non-hydrogen) atoms. The minimum Gasteiger partial charge on any atom is -0.477 e. The van der Waals surface area contributed by atoms with Gasteiger partial charge in [-0.1, -0.05) is 0 Å². The molecule has 10 heteroatoms. The molecule has 2 heterocycles. The number of non-ortho nitro benzene ring substituents is 1. The number of aromatic carboxylic acids is 1. The van der Waals surface area contributed by atoms with E-state index in [0.717, 1.165) is 11.3 Å². The van der Waals surface area contributed by atoms with Crippen molar-refractivity contribution in [2.45, 2.75) is 0 Å². The first-order chi connectivity index (χ1) is 10.1. The number of nitro groups is 1. The van der Waals surface area contributed by atoms with Crippen LogP contribution in [-0.4, -0.2) is 26.3 Å². The fourth-order valence-corrected chi connectivity index (χ4v) is 2.32. The van der Waals surface area contributed by atoms with E-state index in [1.165, 1.54) is 23.6 Å². The minimum atomic E-state index is -1.06. The third kappa shape index (κ3) is 2.27. The van der Waals surface area contributed by atoms with Gasteiger partial charge in [0.05, 0.1) is 4.92 Å². The highest BCUT2D eigenvalue weighted by molar-refractivity contribution is 7.12. The van der Waals surface area contributed by atoms with Crippen LogP contribution >= 0.6 is 11.3 Å². The molecule has 0 saturated carbocycles. The number of carboxylic acid groups (broad SMARTS) is 1. The van der Waals surface area contributed by atoms with Crippen molar-refractivity contribution in [3.8, 4) is 11.5 Å². The normalized spacial score (nSPS) is 10.7. The molecule has 0 unspecified atom stereocenters. The molecule has 0 spiro atoms. The van der Waals surface area contributed by atoms with Crippen molar-refractivity contribution in [2.75, 3.05) is 0 Å². The van der Waals surface area contributed by atoms with Crippen molar-refractivity contribution in [1.82, 2.24) is 10.3 Å². The molecule has 0 aliphatic rings. The number of hydrogen-bond acceptors (Lipinski definition) is 8. The summed E-state index contributed by atoms with van der Waals surface area (Å²) in [5, 5.41) is 28.2. The maximum atomic E-state index is 10.9. The summed E-state index contributed by atoms with van der Waals surface area (Å²) in [6, 6.07) is 3.91. The molecule has 106 valence electrons. The molecule has 0 radical (unpaired) electrons. The Hall–Kier alpha value is -3.01. The van der Waals surface area contributed by atoms with E-state index in [0.29, 0.717) is 0 Å². The first-order valence-corrected chi connectivity index (χ1v) is 6.33. The molecule has 0 aliphatic carbocycles. The second-order valence-corrected chi connectivity index (χ2v) is 4.77. The van der Waals surface area contributed by atoms with Crippen LogP contribution < -0.4 is 4.74 Å².